The molecule has 0 saturated carbocycles. The lowest BCUT2D eigenvalue weighted by Crippen LogP contribution is -2.26. The quantitative estimate of drug-likeness (QED) is 0.865. The molecule has 1 amide bonds. The summed E-state index contributed by atoms with van der Waals surface area (Å²) in [5, 5.41) is 3.01. The Morgan fingerprint density at radius 3 is 2.61 bits per heavy atom. The summed E-state index contributed by atoms with van der Waals surface area (Å²) in [6.07, 6.45) is 0. The smallest absolute Gasteiger partial charge is 0.253 e. The Morgan fingerprint density at radius 2 is 2.06 bits per heavy atom. The fourth-order valence-corrected chi connectivity index (χ4v) is 2.48. The first-order valence-electron chi connectivity index (χ1n) is 5.48. The molecule has 2 aromatic rings. The van der Waals surface area contributed by atoms with E-state index in [1.165, 1.54) is 0 Å². The predicted molar refractivity (Wildman–Crippen MR) is 76.8 cm³/mol. The van der Waals surface area contributed by atoms with Gasteiger partial charge in [0.1, 0.15) is 0 Å². The van der Waals surface area contributed by atoms with Crippen LogP contribution >= 0.6 is 27.3 Å². The second kappa shape index (κ2) is 5.63. The van der Waals surface area contributed by atoms with E-state index in [1.807, 2.05) is 36.6 Å². The Hall–Kier alpha value is -1.20. The van der Waals surface area contributed by atoms with Gasteiger partial charge in [-0.15, -0.1) is 11.3 Å². The Labute approximate surface area is 119 Å². The average molecular weight is 325 g/mol. The third-order valence-electron chi connectivity index (χ3n) is 2.50. The summed E-state index contributed by atoms with van der Waals surface area (Å²) in [6.45, 7) is 2.50. The molecule has 1 aromatic heterocycles. The Balaban J connectivity index is 2.07. The summed E-state index contributed by atoms with van der Waals surface area (Å²) in [5.74, 6) is 0.00755. The van der Waals surface area contributed by atoms with Crippen LogP contribution in [-0.4, -0.2) is 22.8 Å². The van der Waals surface area contributed by atoms with Crippen LogP contribution < -0.4 is 0 Å². The highest BCUT2D eigenvalue weighted by atomic mass is 79.9. The fraction of sp³-hybridized carbons (Fsp3) is 0.231. The molecule has 0 saturated heterocycles. The van der Waals surface area contributed by atoms with E-state index in [0.717, 1.165) is 15.2 Å². The molecule has 0 N–H and O–H groups in total. The summed E-state index contributed by atoms with van der Waals surface area (Å²) < 4.78 is 0.969. The molecule has 5 heteroatoms. The minimum absolute atomic E-state index is 0.00755. The number of aromatic nitrogens is 1. The maximum atomic E-state index is 12.2. The zero-order valence-electron chi connectivity index (χ0n) is 10.2. The molecule has 0 atom stereocenters. The van der Waals surface area contributed by atoms with Crippen molar-refractivity contribution in [1.82, 2.24) is 9.88 Å². The van der Waals surface area contributed by atoms with E-state index in [-0.39, 0.29) is 5.91 Å². The lowest BCUT2D eigenvalue weighted by molar-refractivity contribution is 0.0783. The van der Waals surface area contributed by atoms with Crippen LogP contribution in [0.1, 0.15) is 21.1 Å². The van der Waals surface area contributed by atoms with Gasteiger partial charge in [0, 0.05) is 22.5 Å². The number of nitrogens with zero attached hydrogens (tertiary/aromatic N) is 2. The molecule has 0 radical (unpaired) electrons. The second-order valence-corrected chi connectivity index (χ2v) is 6.00. The molecule has 0 bridgehead atoms. The number of aryl methyl sites for hydroxylation is 1. The molecular weight excluding hydrogens is 312 g/mol. The van der Waals surface area contributed by atoms with Gasteiger partial charge in [-0.2, -0.15) is 0 Å². The van der Waals surface area contributed by atoms with Crippen LogP contribution in [-0.2, 0) is 6.54 Å². The van der Waals surface area contributed by atoms with Gasteiger partial charge >= 0.3 is 0 Å². The highest BCUT2D eigenvalue weighted by molar-refractivity contribution is 9.10. The minimum atomic E-state index is 0.00755. The zero-order chi connectivity index (χ0) is 13.1. The number of carbonyl (C=O) groups is 1. The summed E-state index contributed by atoms with van der Waals surface area (Å²) >= 11 is 4.96. The first kappa shape index (κ1) is 13.2. The van der Waals surface area contributed by atoms with Crippen LogP contribution in [0.25, 0.3) is 0 Å². The van der Waals surface area contributed by atoms with Gasteiger partial charge in [0.25, 0.3) is 5.91 Å². The number of amides is 1. The Morgan fingerprint density at radius 1 is 1.39 bits per heavy atom. The van der Waals surface area contributed by atoms with E-state index in [2.05, 4.69) is 20.9 Å². The summed E-state index contributed by atoms with van der Waals surface area (Å²) in [7, 11) is 1.79. The van der Waals surface area contributed by atoms with E-state index in [4.69, 9.17) is 0 Å². The normalized spacial score (nSPS) is 10.4. The van der Waals surface area contributed by atoms with Crippen molar-refractivity contribution < 1.29 is 4.79 Å². The van der Waals surface area contributed by atoms with E-state index in [9.17, 15) is 4.79 Å². The largest absolute Gasteiger partial charge is 0.336 e. The van der Waals surface area contributed by atoms with Crippen molar-refractivity contribution in [2.45, 2.75) is 13.5 Å². The summed E-state index contributed by atoms with van der Waals surface area (Å²) in [4.78, 5) is 18.2. The van der Waals surface area contributed by atoms with Crippen molar-refractivity contribution in [1.29, 1.82) is 0 Å². The first-order valence-corrected chi connectivity index (χ1v) is 7.15. The van der Waals surface area contributed by atoms with Crippen molar-refractivity contribution in [2.75, 3.05) is 7.05 Å². The molecule has 94 valence electrons. The van der Waals surface area contributed by atoms with E-state index in [1.54, 1.807) is 23.3 Å². The van der Waals surface area contributed by atoms with Crippen LogP contribution in [0.5, 0.6) is 0 Å². The molecule has 3 nitrogen and oxygen atoms in total. The molecule has 0 aliphatic carbocycles. The molecule has 0 spiro atoms. The number of thiazole rings is 1. The SMILES string of the molecule is Cc1nc(CN(C)C(=O)c2ccc(Br)cc2)cs1. The number of carbonyl (C=O) groups excluding carboxylic acids is 1. The number of hydrogen-bond acceptors (Lipinski definition) is 3. The van der Waals surface area contributed by atoms with Gasteiger partial charge in [-0.25, -0.2) is 4.98 Å². The van der Waals surface area contributed by atoms with E-state index in [0.29, 0.717) is 12.1 Å². The summed E-state index contributed by atoms with van der Waals surface area (Å²) in [5.41, 5.74) is 1.62. The van der Waals surface area contributed by atoms with Crippen molar-refractivity contribution in [3.63, 3.8) is 0 Å². The molecule has 0 aliphatic heterocycles. The monoisotopic (exact) mass is 324 g/mol. The number of benzene rings is 1. The molecule has 0 aliphatic rings. The predicted octanol–water partition coefficient (Wildman–Crippen LogP) is 3.49. The molecule has 2 rings (SSSR count). The van der Waals surface area contributed by atoms with Gasteiger partial charge in [0.2, 0.25) is 0 Å². The van der Waals surface area contributed by atoms with Crippen LogP contribution in [0.15, 0.2) is 34.1 Å². The molecule has 1 heterocycles. The topological polar surface area (TPSA) is 33.2 Å². The van der Waals surface area contributed by atoms with Crippen molar-refractivity contribution in [2.24, 2.45) is 0 Å². The van der Waals surface area contributed by atoms with Gasteiger partial charge in [0.15, 0.2) is 0 Å². The lowest BCUT2D eigenvalue weighted by atomic mass is 10.2. The van der Waals surface area contributed by atoms with Crippen LogP contribution in [0.3, 0.4) is 0 Å². The van der Waals surface area contributed by atoms with Gasteiger partial charge < -0.3 is 4.90 Å². The number of hydrogen-bond donors (Lipinski definition) is 0. The minimum Gasteiger partial charge on any atom is -0.336 e. The molecule has 18 heavy (non-hydrogen) atoms. The molecule has 1 aromatic carbocycles. The Bertz CT molecular complexity index is 550. The number of halogens is 1. The van der Waals surface area contributed by atoms with Crippen LogP contribution in [0, 0.1) is 6.92 Å². The highest BCUT2D eigenvalue weighted by Gasteiger charge is 2.12. The average Bonchev–Trinajstić information content (AvgIpc) is 2.75. The van der Waals surface area contributed by atoms with Gasteiger partial charge in [-0.05, 0) is 31.2 Å². The molecule has 0 fully saturated rings. The van der Waals surface area contributed by atoms with Crippen molar-refractivity contribution >= 4 is 33.2 Å². The standard InChI is InChI=1S/C13H13BrN2OS/c1-9-15-12(8-18-9)7-16(2)13(17)10-3-5-11(14)6-4-10/h3-6,8H,7H2,1-2H3. The third kappa shape index (κ3) is 3.17. The first-order chi connectivity index (χ1) is 8.56. The molecule has 0 unspecified atom stereocenters. The van der Waals surface area contributed by atoms with E-state index >= 15 is 0 Å². The maximum Gasteiger partial charge on any atom is 0.253 e. The van der Waals surface area contributed by atoms with Crippen molar-refractivity contribution in [3.8, 4) is 0 Å². The second-order valence-electron chi connectivity index (χ2n) is 4.03. The summed E-state index contributed by atoms with van der Waals surface area (Å²) in [6, 6.07) is 7.37. The highest BCUT2D eigenvalue weighted by Crippen LogP contribution is 2.14. The van der Waals surface area contributed by atoms with Crippen molar-refractivity contribution in [3.05, 3.63) is 50.4 Å². The zero-order valence-corrected chi connectivity index (χ0v) is 12.6. The molecular formula is C13H13BrN2OS. The van der Waals surface area contributed by atoms with E-state index < -0.39 is 0 Å². The van der Waals surface area contributed by atoms with Crippen LogP contribution in [0.2, 0.25) is 0 Å². The van der Waals surface area contributed by atoms with Gasteiger partial charge in [-0.3, -0.25) is 4.79 Å². The van der Waals surface area contributed by atoms with Gasteiger partial charge in [-0.1, -0.05) is 15.9 Å². The van der Waals surface area contributed by atoms with Crippen LogP contribution in [0.4, 0.5) is 0 Å². The lowest BCUT2D eigenvalue weighted by Gasteiger charge is -2.15. The third-order valence-corrected chi connectivity index (χ3v) is 3.85. The maximum absolute atomic E-state index is 12.2. The Kier molecular flexibility index (Phi) is 4.14. The number of rotatable bonds is 3. The fourth-order valence-electron chi connectivity index (χ4n) is 1.61. The van der Waals surface area contributed by atoms with Gasteiger partial charge in [0.05, 0.1) is 17.2 Å².